The van der Waals surface area contributed by atoms with Crippen molar-refractivity contribution in [2.75, 3.05) is 14.2 Å². The Morgan fingerprint density at radius 3 is 2.75 bits per heavy atom. The molecule has 0 saturated heterocycles. The van der Waals surface area contributed by atoms with E-state index in [2.05, 4.69) is 38.1 Å². The van der Waals surface area contributed by atoms with Gasteiger partial charge in [-0.25, -0.2) is 9.97 Å². The highest BCUT2D eigenvalue weighted by atomic mass is 16.5. The quantitative estimate of drug-likeness (QED) is 0.410. The molecule has 3 aromatic heterocycles. The summed E-state index contributed by atoms with van der Waals surface area (Å²) < 4.78 is 14.8. The van der Waals surface area contributed by atoms with E-state index in [1.165, 1.54) is 6.20 Å². The van der Waals surface area contributed by atoms with Gasteiger partial charge >= 0.3 is 0 Å². The van der Waals surface area contributed by atoms with E-state index in [9.17, 15) is 0 Å². The third-order valence-corrected chi connectivity index (χ3v) is 5.18. The number of hydrogen-bond donors (Lipinski definition) is 0. The van der Waals surface area contributed by atoms with Crippen molar-refractivity contribution in [1.82, 2.24) is 29.3 Å². The van der Waals surface area contributed by atoms with Gasteiger partial charge in [-0.15, -0.1) is 10.2 Å². The lowest BCUT2D eigenvalue weighted by Gasteiger charge is -2.09. The Hall–Kier alpha value is -4.47. The average molecular weight is 423 g/mol. The molecule has 0 amide bonds. The first-order valence-electron chi connectivity index (χ1n) is 9.76. The van der Waals surface area contributed by atoms with Gasteiger partial charge in [0.1, 0.15) is 36.1 Å². The zero-order valence-corrected chi connectivity index (χ0v) is 17.4. The second kappa shape index (κ2) is 7.99. The monoisotopic (exact) mass is 423 g/mol. The van der Waals surface area contributed by atoms with Gasteiger partial charge in [0.05, 0.1) is 30.6 Å². The number of fused-ring (bicyclic) bond motifs is 5. The van der Waals surface area contributed by atoms with Crippen molar-refractivity contribution in [2.45, 2.75) is 13.2 Å². The van der Waals surface area contributed by atoms with Gasteiger partial charge in [-0.2, -0.15) is 5.26 Å². The second-order valence-corrected chi connectivity index (χ2v) is 7.05. The molecule has 0 saturated carbocycles. The van der Waals surface area contributed by atoms with E-state index in [1.807, 2.05) is 27.3 Å². The lowest BCUT2D eigenvalue weighted by atomic mass is 10.1. The van der Waals surface area contributed by atoms with Crippen molar-refractivity contribution in [2.24, 2.45) is 0 Å². The van der Waals surface area contributed by atoms with Crippen LogP contribution >= 0.6 is 0 Å². The molecule has 0 radical (unpaired) electrons. The Labute approximate surface area is 183 Å². The van der Waals surface area contributed by atoms with Crippen LogP contribution in [0.2, 0.25) is 0 Å². The normalized spacial score (nSPS) is 11.3. The van der Waals surface area contributed by atoms with Crippen molar-refractivity contribution in [3.05, 3.63) is 71.3 Å². The summed E-state index contributed by atoms with van der Waals surface area (Å²) >= 11 is 0. The highest BCUT2D eigenvalue weighted by molar-refractivity contribution is 5.71. The molecule has 0 bridgehead atoms. The SMILES string of the molecule is COCc1nnc2n1Cc1c(C#Cc3ccc(C#N)cn3)ncn1-c1ccc(OC)cc1-2. The van der Waals surface area contributed by atoms with Crippen LogP contribution in [-0.4, -0.2) is 43.5 Å². The first-order chi connectivity index (χ1) is 15.7. The molecule has 1 aliphatic rings. The van der Waals surface area contributed by atoms with Crippen LogP contribution in [0, 0.1) is 23.2 Å². The second-order valence-electron chi connectivity index (χ2n) is 7.05. The Balaban J connectivity index is 1.65. The lowest BCUT2D eigenvalue weighted by molar-refractivity contribution is 0.174. The highest BCUT2D eigenvalue weighted by Gasteiger charge is 2.26. The van der Waals surface area contributed by atoms with Crippen molar-refractivity contribution >= 4 is 0 Å². The first kappa shape index (κ1) is 19.5. The Kier molecular flexibility index (Phi) is 4.86. The average Bonchev–Trinajstić information content (AvgIpc) is 3.39. The Morgan fingerprint density at radius 1 is 1.09 bits per heavy atom. The minimum Gasteiger partial charge on any atom is -0.497 e. The number of methoxy groups -OCH3 is 2. The fourth-order valence-electron chi connectivity index (χ4n) is 3.61. The predicted molar refractivity (Wildman–Crippen MR) is 114 cm³/mol. The summed E-state index contributed by atoms with van der Waals surface area (Å²) in [6, 6.07) is 11.3. The van der Waals surface area contributed by atoms with Crippen LogP contribution < -0.4 is 4.74 Å². The minimum absolute atomic E-state index is 0.330. The number of imidazole rings is 1. The topological polar surface area (TPSA) is 104 Å². The predicted octanol–water partition coefficient (Wildman–Crippen LogP) is 2.31. The third kappa shape index (κ3) is 3.27. The number of aromatic nitrogens is 6. The fraction of sp³-hybridized carbons (Fsp3) is 0.174. The molecule has 0 N–H and O–H groups in total. The van der Waals surface area contributed by atoms with Crippen LogP contribution in [0.15, 0.2) is 42.9 Å². The van der Waals surface area contributed by atoms with E-state index >= 15 is 0 Å². The van der Waals surface area contributed by atoms with E-state index in [1.54, 1.807) is 32.7 Å². The van der Waals surface area contributed by atoms with Crippen LogP contribution in [-0.2, 0) is 17.9 Å². The largest absolute Gasteiger partial charge is 0.497 e. The molecule has 32 heavy (non-hydrogen) atoms. The maximum Gasteiger partial charge on any atom is 0.166 e. The molecule has 4 aromatic rings. The van der Waals surface area contributed by atoms with Gasteiger partial charge in [-0.05, 0) is 42.2 Å². The standard InChI is InChI=1S/C23H17N7O2/c1-31-13-22-27-28-23-18-9-17(32-2)6-8-20(18)30-14-26-19(21(30)12-29(22)23)7-5-16-4-3-15(10-24)11-25-16/h3-4,6,8-9,11,14H,12-13H2,1-2H3. The van der Waals surface area contributed by atoms with Gasteiger partial charge in [0.25, 0.3) is 0 Å². The molecule has 1 aromatic carbocycles. The van der Waals surface area contributed by atoms with Crippen LogP contribution in [0.1, 0.15) is 28.5 Å². The maximum absolute atomic E-state index is 8.94. The van der Waals surface area contributed by atoms with Crippen molar-refractivity contribution in [1.29, 1.82) is 5.26 Å². The van der Waals surface area contributed by atoms with E-state index in [0.717, 1.165) is 28.5 Å². The fourth-order valence-corrected chi connectivity index (χ4v) is 3.61. The van der Waals surface area contributed by atoms with E-state index in [0.29, 0.717) is 35.9 Å². The van der Waals surface area contributed by atoms with Crippen molar-refractivity contribution < 1.29 is 9.47 Å². The van der Waals surface area contributed by atoms with Crippen LogP contribution in [0.5, 0.6) is 5.75 Å². The number of nitriles is 1. The van der Waals surface area contributed by atoms with E-state index in [4.69, 9.17) is 14.7 Å². The summed E-state index contributed by atoms with van der Waals surface area (Å²) in [5, 5.41) is 17.7. The smallest absolute Gasteiger partial charge is 0.166 e. The molecule has 0 spiro atoms. The zero-order chi connectivity index (χ0) is 22.1. The van der Waals surface area contributed by atoms with Gasteiger partial charge < -0.3 is 14.0 Å². The molecule has 9 heteroatoms. The van der Waals surface area contributed by atoms with Gasteiger partial charge in [0.15, 0.2) is 11.6 Å². The molecule has 0 fully saturated rings. The maximum atomic E-state index is 8.94. The zero-order valence-electron chi connectivity index (χ0n) is 17.4. The van der Waals surface area contributed by atoms with E-state index < -0.39 is 0 Å². The van der Waals surface area contributed by atoms with Gasteiger partial charge in [-0.1, -0.05) is 0 Å². The van der Waals surface area contributed by atoms with Crippen LogP contribution in [0.4, 0.5) is 0 Å². The number of ether oxygens (including phenoxy) is 2. The molecule has 0 aliphatic carbocycles. The molecule has 9 nitrogen and oxygen atoms in total. The molecular formula is C23H17N7O2. The minimum atomic E-state index is 0.330. The van der Waals surface area contributed by atoms with Gasteiger partial charge in [-0.3, -0.25) is 4.57 Å². The van der Waals surface area contributed by atoms with Crippen LogP contribution in [0.25, 0.3) is 17.1 Å². The van der Waals surface area contributed by atoms with Crippen molar-refractivity contribution in [3.8, 4) is 40.7 Å². The number of pyridine rings is 1. The highest BCUT2D eigenvalue weighted by Crippen LogP contribution is 2.34. The molecule has 5 rings (SSSR count). The van der Waals surface area contributed by atoms with Crippen molar-refractivity contribution in [3.63, 3.8) is 0 Å². The number of hydrogen-bond acceptors (Lipinski definition) is 7. The number of nitrogens with zero attached hydrogens (tertiary/aromatic N) is 7. The summed E-state index contributed by atoms with van der Waals surface area (Å²) in [5.41, 5.74) is 4.37. The summed E-state index contributed by atoms with van der Waals surface area (Å²) in [4.78, 5) is 8.77. The third-order valence-electron chi connectivity index (χ3n) is 5.18. The Bertz CT molecular complexity index is 1420. The van der Waals surface area contributed by atoms with E-state index in [-0.39, 0.29) is 0 Å². The molecule has 0 atom stereocenters. The first-order valence-corrected chi connectivity index (χ1v) is 9.76. The molecule has 0 unspecified atom stereocenters. The summed E-state index contributed by atoms with van der Waals surface area (Å²) in [5.74, 6) is 8.32. The molecule has 4 heterocycles. The molecule has 156 valence electrons. The lowest BCUT2D eigenvalue weighted by Crippen LogP contribution is -2.09. The van der Waals surface area contributed by atoms with Gasteiger partial charge in [0, 0.05) is 18.9 Å². The number of benzene rings is 1. The molecule has 1 aliphatic heterocycles. The van der Waals surface area contributed by atoms with Gasteiger partial charge in [0.2, 0.25) is 0 Å². The summed E-state index contributed by atoms with van der Waals surface area (Å²) in [6.45, 7) is 0.805. The summed E-state index contributed by atoms with van der Waals surface area (Å²) in [7, 11) is 3.26. The summed E-state index contributed by atoms with van der Waals surface area (Å²) in [6.07, 6.45) is 3.26. The molecular weight excluding hydrogens is 406 g/mol. The van der Waals surface area contributed by atoms with Crippen LogP contribution in [0.3, 0.4) is 0 Å². The number of rotatable bonds is 3. The Morgan fingerprint density at radius 2 is 2.00 bits per heavy atom.